The van der Waals surface area contributed by atoms with Crippen molar-refractivity contribution in [2.45, 2.75) is 64.6 Å². The summed E-state index contributed by atoms with van der Waals surface area (Å²) in [6, 6.07) is 0.0701. The minimum absolute atomic E-state index is 0.0701. The highest BCUT2D eigenvalue weighted by Crippen LogP contribution is 2.30. The minimum Gasteiger partial charge on any atom is -0.353 e. The maximum absolute atomic E-state index is 12.0. The summed E-state index contributed by atoms with van der Waals surface area (Å²) >= 11 is 0. The summed E-state index contributed by atoms with van der Waals surface area (Å²) in [5.41, 5.74) is 0. The zero-order valence-corrected chi connectivity index (χ0v) is 11.0. The molecule has 1 fully saturated rings. The van der Waals surface area contributed by atoms with Gasteiger partial charge in [-0.25, -0.2) is 0 Å². The number of amides is 1. The zero-order valence-electron chi connectivity index (χ0n) is 11.0. The van der Waals surface area contributed by atoms with Crippen molar-refractivity contribution in [1.82, 2.24) is 5.32 Å². The van der Waals surface area contributed by atoms with Gasteiger partial charge in [-0.2, -0.15) is 13.2 Å². The van der Waals surface area contributed by atoms with Gasteiger partial charge in [0.15, 0.2) is 0 Å². The molecule has 0 aliphatic heterocycles. The van der Waals surface area contributed by atoms with E-state index in [-0.39, 0.29) is 6.04 Å². The van der Waals surface area contributed by atoms with Crippen molar-refractivity contribution < 1.29 is 18.0 Å². The monoisotopic (exact) mass is 265 g/mol. The van der Waals surface area contributed by atoms with Gasteiger partial charge in [0.05, 0.1) is 6.42 Å². The summed E-state index contributed by atoms with van der Waals surface area (Å²) in [6.45, 7) is 4.37. The Kier molecular flexibility index (Phi) is 5.47. The van der Waals surface area contributed by atoms with Crippen molar-refractivity contribution in [3.63, 3.8) is 0 Å². The Hall–Kier alpha value is -0.740. The molecule has 0 spiro atoms. The Morgan fingerprint density at radius 3 is 2.22 bits per heavy atom. The van der Waals surface area contributed by atoms with E-state index in [1.54, 1.807) is 0 Å². The molecule has 1 amide bonds. The van der Waals surface area contributed by atoms with Crippen LogP contribution in [-0.4, -0.2) is 18.1 Å². The van der Waals surface area contributed by atoms with Gasteiger partial charge in [-0.1, -0.05) is 13.8 Å². The van der Waals surface area contributed by atoms with E-state index in [9.17, 15) is 18.0 Å². The normalized spacial score (nSPS) is 25.2. The van der Waals surface area contributed by atoms with Crippen LogP contribution < -0.4 is 5.32 Å². The predicted molar refractivity (Wildman–Crippen MR) is 64.0 cm³/mol. The lowest BCUT2D eigenvalue weighted by molar-refractivity contribution is -0.144. The molecule has 1 aliphatic rings. The van der Waals surface area contributed by atoms with Crippen LogP contribution in [0.25, 0.3) is 0 Å². The summed E-state index contributed by atoms with van der Waals surface area (Å²) < 4.78 is 35.9. The summed E-state index contributed by atoms with van der Waals surface area (Å²) in [5, 5.41) is 2.71. The summed E-state index contributed by atoms with van der Waals surface area (Å²) in [4.78, 5) is 11.4. The van der Waals surface area contributed by atoms with Crippen LogP contribution in [0.1, 0.15) is 52.4 Å². The minimum atomic E-state index is -4.24. The van der Waals surface area contributed by atoms with Gasteiger partial charge in [-0.15, -0.1) is 0 Å². The molecule has 0 aromatic rings. The molecule has 1 saturated carbocycles. The molecule has 1 N–H and O–H groups in total. The highest BCUT2D eigenvalue weighted by atomic mass is 19.4. The second kappa shape index (κ2) is 6.43. The first-order valence-electron chi connectivity index (χ1n) is 6.64. The molecule has 0 unspecified atom stereocenters. The highest BCUT2D eigenvalue weighted by Gasteiger charge is 2.29. The van der Waals surface area contributed by atoms with E-state index in [1.165, 1.54) is 0 Å². The third-order valence-corrected chi connectivity index (χ3v) is 3.72. The van der Waals surface area contributed by atoms with Crippen LogP contribution in [0.4, 0.5) is 13.2 Å². The lowest BCUT2D eigenvalue weighted by atomic mass is 9.80. The van der Waals surface area contributed by atoms with E-state index in [4.69, 9.17) is 0 Å². The van der Waals surface area contributed by atoms with Crippen LogP contribution in [0.15, 0.2) is 0 Å². The molecular weight excluding hydrogens is 243 g/mol. The highest BCUT2D eigenvalue weighted by molar-refractivity contribution is 5.76. The van der Waals surface area contributed by atoms with Gasteiger partial charge in [0, 0.05) is 12.5 Å². The van der Waals surface area contributed by atoms with Crippen LogP contribution in [0.2, 0.25) is 0 Å². The van der Waals surface area contributed by atoms with E-state index in [2.05, 4.69) is 19.2 Å². The van der Waals surface area contributed by atoms with E-state index in [1.807, 2.05) is 0 Å². The van der Waals surface area contributed by atoms with Gasteiger partial charge in [0.1, 0.15) is 0 Å². The molecule has 1 rings (SSSR count). The van der Waals surface area contributed by atoms with Crippen molar-refractivity contribution in [2.24, 2.45) is 11.8 Å². The third-order valence-electron chi connectivity index (χ3n) is 3.72. The Labute approximate surface area is 106 Å². The zero-order chi connectivity index (χ0) is 13.8. The molecule has 18 heavy (non-hydrogen) atoms. The number of hydrogen-bond donors (Lipinski definition) is 1. The van der Waals surface area contributed by atoms with Crippen LogP contribution in [0, 0.1) is 11.8 Å². The van der Waals surface area contributed by atoms with Gasteiger partial charge in [0.25, 0.3) is 0 Å². The van der Waals surface area contributed by atoms with Crippen LogP contribution in [0.3, 0.4) is 0 Å². The van der Waals surface area contributed by atoms with Crippen molar-refractivity contribution in [3.05, 3.63) is 0 Å². The Balaban J connectivity index is 2.22. The first-order chi connectivity index (χ1) is 8.28. The van der Waals surface area contributed by atoms with Crippen molar-refractivity contribution in [3.8, 4) is 0 Å². The number of alkyl halides is 3. The van der Waals surface area contributed by atoms with E-state index < -0.39 is 24.9 Å². The molecule has 0 saturated heterocycles. The van der Waals surface area contributed by atoms with E-state index in [0.717, 1.165) is 25.7 Å². The van der Waals surface area contributed by atoms with Crippen molar-refractivity contribution in [2.75, 3.05) is 0 Å². The number of hydrogen-bond acceptors (Lipinski definition) is 1. The third kappa shape index (κ3) is 5.74. The summed E-state index contributed by atoms with van der Waals surface area (Å²) in [7, 11) is 0. The number of rotatable bonds is 4. The fourth-order valence-electron chi connectivity index (χ4n) is 2.49. The largest absolute Gasteiger partial charge is 0.389 e. The van der Waals surface area contributed by atoms with Gasteiger partial charge in [-0.3, -0.25) is 4.79 Å². The van der Waals surface area contributed by atoms with Crippen molar-refractivity contribution >= 4 is 5.91 Å². The van der Waals surface area contributed by atoms with Crippen molar-refractivity contribution in [1.29, 1.82) is 0 Å². The quantitative estimate of drug-likeness (QED) is 0.825. The molecular formula is C13H22F3NO. The summed E-state index contributed by atoms with van der Waals surface area (Å²) in [6.07, 6.45) is -1.83. The fourth-order valence-corrected chi connectivity index (χ4v) is 2.49. The average molecular weight is 265 g/mol. The first-order valence-corrected chi connectivity index (χ1v) is 6.64. The average Bonchev–Trinajstić information content (AvgIpc) is 2.26. The maximum Gasteiger partial charge on any atom is 0.389 e. The number of carbonyl (C=O) groups excluding carboxylic acids is 1. The maximum atomic E-state index is 12.0. The molecule has 0 bridgehead atoms. The Morgan fingerprint density at radius 1 is 1.22 bits per heavy atom. The molecule has 0 heterocycles. The molecule has 0 atom stereocenters. The second-order valence-electron chi connectivity index (χ2n) is 5.54. The van der Waals surface area contributed by atoms with Gasteiger partial charge in [-0.05, 0) is 37.5 Å². The SMILES string of the molecule is CC(C)C1CCC(NC(=O)CCC(F)(F)F)CC1. The van der Waals surface area contributed by atoms with Gasteiger partial charge >= 0.3 is 6.18 Å². The van der Waals surface area contributed by atoms with Gasteiger partial charge in [0.2, 0.25) is 5.91 Å². The molecule has 0 aromatic carbocycles. The Morgan fingerprint density at radius 2 is 1.78 bits per heavy atom. The lowest BCUT2D eigenvalue weighted by Gasteiger charge is -2.31. The smallest absolute Gasteiger partial charge is 0.353 e. The topological polar surface area (TPSA) is 29.1 Å². The standard InChI is InChI=1S/C13H22F3NO/c1-9(2)10-3-5-11(6-4-10)17-12(18)7-8-13(14,15)16/h9-11H,3-8H2,1-2H3,(H,17,18). The van der Waals surface area contributed by atoms with Crippen LogP contribution in [0.5, 0.6) is 0 Å². The Bertz CT molecular complexity index is 268. The van der Waals surface area contributed by atoms with E-state index in [0.29, 0.717) is 11.8 Å². The number of carbonyl (C=O) groups is 1. The van der Waals surface area contributed by atoms with Crippen LogP contribution in [-0.2, 0) is 4.79 Å². The first kappa shape index (κ1) is 15.3. The molecule has 106 valence electrons. The molecule has 2 nitrogen and oxygen atoms in total. The second-order valence-corrected chi connectivity index (χ2v) is 5.54. The molecule has 1 aliphatic carbocycles. The molecule has 0 aromatic heterocycles. The molecule has 5 heteroatoms. The predicted octanol–water partition coefficient (Wildman–Crippen LogP) is 3.66. The summed E-state index contributed by atoms with van der Waals surface area (Å²) in [5.74, 6) is 0.862. The number of halogens is 3. The van der Waals surface area contributed by atoms with Crippen LogP contribution >= 0.6 is 0 Å². The van der Waals surface area contributed by atoms with Gasteiger partial charge < -0.3 is 5.32 Å². The molecule has 0 radical (unpaired) electrons. The van der Waals surface area contributed by atoms with E-state index >= 15 is 0 Å². The lowest BCUT2D eigenvalue weighted by Crippen LogP contribution is -2.38. The number of nitrogens with one attached hydrogen (secondary N) is 1. The fraction of sp³-hybridized carbons (Fsp3) is 0.923.